The summed E-state index contributed by atoms with van der Waals surface area (Å²) in [5, 5.41) is 12.4. The van der Waals surface area contributed by atoms with E-state index in [1.165, 1.54) is 6.26 Å². The van der Waals surface area contributed by atoms with E-state index in [2.05, 4.69) is 5.32 Å². The predicted octanol–water partition coefficient (Wildman–Crippen LogP) is 2.62. The largest absolute Gasteiger partial charge is 0.467 e. The van der Waals surface area contributed by atoms with Gasteiger partial charge in [0.15, 0.2) is 0 Å². The molecular formula is C13H21NO4. The van der Waals surface area contributed by atoms with Gasteiger partial charge in [0.1, 0.15) is 17.5 Å². The zero-order chi connectivity index (χ0) is 13.6. The second-order valence-corrected chi connectivity index (χ2v) is 5.10. The van der Waals surface area contributed by atoms with Crippen molar-refractivity contribution < 1.29 is 19.1 Å². The summed E-state index contributed by atoms with van der Waals surface area (Å²) >= 11 is 0. The summed E-state index contributed by atoms with van der Waals surface area (Å²) in [5.74, 6) is 0.548. The number of nitrogens with one attached hydrogen (secondary N) is 1. The lowest BCUT2D eigenvalue weighted by Crippen LogP contribution is -2.33. The van der Waals surface area contributed by atoms with Crippen molar-refractivity contribution in [1.82, 2.24) is 5.32 Å². The maximum Gasteiger partial charge on any atom is 0.407 e. The Morgan fingerprint density at radius 1 is 1.56 bits per heavy atom. The van der Waals surface area contributed by atoms with Crippen LogP contribution in [0.3, 0.4) is 0 Å². The van der Waals surface area contributed by atoms with Gasteiger partial charge in [-0.2, -0.15) is 0 Å². The van der Waals surface area contributed by atoms with Crippen LogP contribution in [-0.4, -0.2) is 23.3 Å². The summed E-state index contributed by atoms with van der Waals surface area (Å²) in [5.41, 5.74) is -0.488. The van der Waals surface area contributed by atoms with Crippen molar-refractivity contribution in [2.45, 2.75) is 45.3 Å². The van der Waals surface area contributed by atoms with E-state index in [1.54, 1.807) is 12.1 Å². The molecule has 0 bridgehead atoms. The van der Waals surface area contributed by atoms with Crippen molar-refractivity contribution in [2.24, 2.45) is 0 Å². The molecule has 1 atom stereocenters. The molecule has 0 spiro atoms. The molecule has 0 radical (unpaired) electrons. The minimum absolute atomic E-state index is 0.435. The van der Waals surface area contributed by atoms with Crippen molar-refractivity contribution in [3.8, 4) is 0 Å². The first-order chi connectivity index (χ1) is 8.38. The highest BCUT2D eigenvalue weighted by Gasteiger charge is 2.16. The number of hydrogen-bond donors (Lipinski definition) is 2. The fourth-order valence-corrected chi connectivity index (χ4v) is 1.42. The Kier molecular flexibility index (Phi) is 5.22. The molecule has 0 saturated heterocycles. The first-order valence-electron chi connectivity index (χ1n) is 6.07. The van der Waals surface area contributed by atoms with Crippen LogP contribution in [0.4, 0.5) is 4.79 Å². The molecule has 102 valence electrons. The minimum atomic E-state index is -0.625. The second-order valence-electron chi connectivity index (χ2n) is 5.10. The van der Waals surface area contributed by atoms with E-state index in [-0.39, 0.29) is 0 Å². The van der Waals surface area contributed by atoms with Crippen LogP contribution in [0, 0.1) is 0 Å². The lowest BCUT2D eigenvalue weighted by Gasteiger charge is -2.19. The lowest BCUT2D eigenvalue weighted by atomic mass is 10.1. The Hall–Kier alpha value is -1.49. The van der Waals surface area contributed by atoms with Crippen LogP contribution in [0.15, 0.2) is 22.8 Å². The summed E-state index contributed by atoms with van der Waals surface area (Å²) < 4.78 is 10.2. The number of aliphatic hydroxyl groups is 1. The molecule has 0 aliphatic rings. The lowest BCUT2D eigenvalue weighted by molar-refractivity contribution is 0.0522. The number of aliphatic hydroxyl groups excluding tert-OH is 1. The van der Waals surface area contributed by atoms with E-state index in [4.69, 9.17) is 9.15 Å². The molecule has 1 unspecified atom stereocenters. The molecule has 1 amide bonds. The maximum absolute atomic E-state index is 11.3. The Labute approximate surface area is 107 Å². The zero-order valence-electron chi connectivity index (χ0n) is 11.1. The number of furan rings is 1. The molecule has 0 aliphatic carbocycles. The second kappa shape index (κ2) is 6.44. The number of amides is 1. The Morgan fingerprint density at radius 3 is 2.83 bits per heavy atom. The van der Waals surface area contributed by atoms with Gasteiger partial charge in [-0.25, -0.2) is 4.79 Å². The monoisotopic (exact) mass is 255 g/mol. The fourth-order valence-electron chi connectivity index (χ4n) is 1.42. The number of rotatable bonds is 5. The van der Waals surface area contributed by atoms with Crippen LogP contribution < -0.4 is 5.32 Å². The normalized spacial score (nSPS) is 13.1. The first-order valence-corrected chi connectivity index (χ1v) is 6.07. The number of ether oxygens (including phenoxy) is 1. The van der Waals surface area contributed by atoms with E-state index in [0.717, 1.165) is 0 Å². The van der Waals surface area contributed by atoms with Gasteiger partial charge in [0, 0.05) is 6.54 Å². The number of carbonyl (C=O) groups is 1. The highest BCUT2D eigenvalue weighted by atomic mass is 16.6. The Morgan fingerprint density at radius 2 is 2.28 bits per heavy atom. The molecule has 0 aromatic carbocycles. The molecule has 0 aliphatic heterocycles. The molecule has 1 aromatic rings. The summed E-state index contributed by atoms with van der Waals surface area (Å²) in [6.45, 7) is 5.90. The third-order valence-electron chi connectivity index (χ3n) is 2.19. The van der Waals surface area contributed by atoms with E-state index in [0.29, 0.717) is 25.1 Å². The molecule has 2 N–H and O–H groups in total. The summed E-state index contributed by atoms with van der Waals surface area (Å²) in [4.78, 5) is 11.3. The van der Waals surface area contributed by atoms with Crippen molar-refractivity contribution in [2.75, 3.05) is 6.54 Å². The molecular weight excluding hydrogens is 234 g/mol. The van der Waals surface area contributed by atoms with Gasteiger partial charge in [-0.3, -0.25) is 0 Å². The topological polar surface area (TPSA) is 71.7 Å². The number of carbonyl (C=O) groups excluding carboxylic acids is 1. The Bertz CT molecular complexity index is 354. The molecule has 5 nitrogen and oxygen atoms in total. The average molecular weight is 255 g/mol. The predicted molar refractivity (Wildman–Crippen MR) is 67.1 cm³/mol. The van der Waals surface area contributed by atoms with Crippen molar-refractivity contribution in [1.29, 1.82) is 0 Å². The van der Waals surface area contributed by atoms with Crippen LogP contribution in [-0.2, 0) is 4.74 Å². The van der Waals surface area contributed by atoms with E-state index < -0.39 is 17.8 Å². The third kappa shape index (κ3) is 5.72. The number of hydrogen-bond acceptors (Lipinski definition) is 4. The first kappa shape index (κ1) is 14.6. The highest BCUT2D eigenvalue weighted by molar-refractivity contribution is 5.67. The van der Waals surface area contributed by atoms with Gasteiger partial charge in [-0.15, -0.1) is 0 Å². The maximum atomic E-state index is 11.3. The summed E-state index contributed by atoms with van der Waals surface area (Å²) in [7, 11) is 0. The van der Waals surface area contributed by atoms with Crippen LogP contribution in [0.25, 0.3) is 0 Å². The van der Waals surface area contributed by atoms with Gasteiger partial charge in [0.05, 0.1) is 6.26 Å². The van der Waals surface area contributed by atoms with E-state index >= 15 is 0 Å². The standard InChI is InChI=1S/C13H21NO4/c1-13(2,3)18-12(16)14-8-4-6-10(15)11-7-5-9-17-11/h5,7,9-10,15H,4,6,8H2,1-3H3,(H,14,16). The van der Waals surface area contributed by atoms with Crippen LogP contribution in [0.5, 0.6) is 0 Å². The summed E-state index contributed by atoms with van der Waals surface area (Å²) in [6, 6.07) is 3.46. The van der Waals surface area contributed by atoms with Gasteiger partial charge in [0.25, 0.3) is 0 Å². The third-order valence-corrected chi connectivity index (χ3v) is 2.19. The highest BCUT2D eigenvalue weighted by Crippen LogP contribution is 2.17. The Balaban J connectivity index is 2.14. The molecule has 0 fully saturated rings. The van der Waals surface area contributed by atoms with Crippen LogP contribution in [0.2, 0.25) is 0 Å². The van der Waals surface area contributed by atoms with Crippen molar-refractivity contribution >= 4 is 6.09 Å². The number of alkyl carbamates (subject to hydrolysis) is 1. The average Bonchev–Trinajstić information content (AvgIpc) is 2.74. The van der Waals surface area contributed by atoms with Gasteiger partial charge in [-0.05, 0) is 45.7 Å². The molecule has 0 saturated carbocycles. The summed E-state index contributed by atoms with van der Waals surface area (Å²) in [6.07, 6.45) is 1.65. The quantitative estimate of drug-likeness (QED) is 0.793. The van der Waals surface area contributed by atoms with Gasteiger partial charge < -0.3 is 19.6 Å². The minimum Gasteiger partial charge on any atom is -0.467 e. The molecule has 5 heteroatoms. The van der Waals surface area contributed by atoms with Crippen molar-refractivity contribution in [3.63, 3.8) is 0 Å². The van der Waals surface area contributed by atoms with Crippen LogP contribution >= 0.6 is 0 Å². The molecule has 1 rings (SSSR count). The zero-order valence-corrected chi connectivity index (χ0v) is 11.1. The fraction of sp³-hybridized carbons (Fsp3) is 0.615. The van der Waals surface area contributed by atoms with Gasteiger partial charge in [-0.1, -0.05) is 0 Å². The van der Waals surface area contributed by atoms with E-state index in [9.17, 15) is 9.90 Å². The van der Waals surface area contributed by atoms with Gasteiger partial charge in [0.2, 0.25) is 0 Å². The van der Waals surface area contributed by atoms with Gasteiger partial charge >= 0.3 is 6.09 Å². The van der Waals surface area contributed by atoms with E-state index in [1.807, 2.05) is 20.8 Å². The van der Waals surface area contributed by atoms with Crippen molar-refractivity contribution in [3.05, 3.63) is 24.2 Å². The molecule has 18 heavy (non-hydrogen) atoms. The molecule has 1 aromatic heterocycles. The molecule has 1 heterocycles. The SMILES string of the molecule is CC(C)(C)OC(=O)NCCCC(O)c1ccco1. The van der Waals surface area contributed by atoms with Crippen LogP contribution in [0.1, 0.15) is 45.5 Å². The smallest absolute Gasteiger partial charge is 0.407 e.